The average molecular weight is 407 g/mol. The lowest BCUT2D eigenvalue weighted by Gasteiger charge is -2.53. The Morgan fingerprint density at radius 3 is 2.50 bits per heavy atom. The summed E-state index contributed by atoms with van der Waals surface area (Å²) in [5.41, 5.74) is 2.37. The molecular weight excluding hydrogens is 376 g/mol. The van der Waals surface area contributed by atoms with E-state index in [9.17, 15) is 4.79 Å². The van der Waals surface area contributed by atoms with Crippen LogP contribution in [0.5, 0.6) is 5.75 Å². The molecule has 2 bridgehead atoms. The highest BCUT2D eigenvalue weighted by molar-refractivity contribution is 6.30. The molecule has 5 rings (SSSR count). The lowest BCUT2D eigenvalue weighted by Crippen LogP contribution is -2.47. The maximum Gasteiger partial charge on any atom is 0.303 e. The lowest BCUT2D eigenvalue weighted by molar-refractivity contribution is -0.147. The third-order valence-electron chi connectivity index (χ3n) is 7.17. The number of aliphatic carboxylic acids is 1. The second kappa shape index (κ2) is 7.21. The van der Waals surface area contributed by atoms with Gasteiger partial charge in [0.2, 0.25) is 0 Å². The molecule has 0 atom stereocenters. The molecule has 5 heteroatoms. The molecule has 1 aliphatic heterocycles. The van der Waals surface area contributed by atoms with Crippen LogP contribution in [0.2, 0.25) is 5.02 Å². The largest absolute Gasteiger partial charge is 0.487 e. The van der Waals surface area contributed by atoms with E-state index in [4.69, 9.17) is 26.2 Å². The Morgan fingerprint density at radius 1 is 1.18 bits per heavy atom. The highest BCUT2D eigenvalue weighted by Crippen LogP contribution is 2.56. The van der Waals surface area contributed by atoms with Gasteiger partial charge in [-0.25, -0.2) is 0 Å². The normalized spacial score (nSPS) is 30.1. The van der Waals surface area contributed by atoms with Gasteiger partial charge in [0.25, 0.3) is 0 Å². The summed E-state index contributed by atoms with van der Waals surface area (Å²) >= 11 is 6.36. The van der Waals surface area contributed by atoms with Crippen LogP contribution in [0.25, 0.3) is 0 Å². The maximum atomic E-state index is 10.8. The van der Waals surface area contributed by atoms with Crippen LogP contribution in [-0.4, -0.2) is 22.3 Å². The molecule has 3 fully saturated rings. The minimum Gasteiger partial charge on any atom is -0.487 e. The van der Waals surface area contributed by atoms with Crippen LogP contribution in [-0.2, 0) is 22.6 Å². The number of hydrogen-bond donors (Lipinski definition) is 1. The van der Waals surface area contributed by atoms with Gasteiger partial charge >= 0.3 is 5.97 Å². The molecule has 0 unspecified atom stereocenters. The highest BCUT2D eigenvalue weighted by atomic mass is 35.5. The molecule has 1 heterocycles. The zero-order valence-corrected chi connectivity index (χ0v) is 17.7. The highest BCUT2D eigenvalue weighted by Gasteiger charge is 2.49. The molecule has 4 nitrogen and oxygen atoms in total. The molecule has 4 aliphatic rings. The summed E-state index contributed by atoms with van der Waals surface area (Å²) in [4.78, 5) is 10.8. The van der Waals surface area contributed by atoms with Crippen molar-refractivity contribution in [3.05, 3.63) is 28.3 Å². The van der Waals surface area contributed by atoms with E-state index in [1.54, 1.807) is 0 Å². The number of carbonyl (C=O) groups is 1. The van der Waals surface area contributed by atoms with Gasteiger partial charge in [-0.15, -0.1) is 0 Å². The molecule has 0 spiro atoms. The molecule has 0 saturated heterocycles. The summed E-state index contributed by atoms with van der Waals surface area (Å²) in [5.74, 6) is 0.278. The molecule has 0 aromatic heterocycles. The van der Waals surface area contributed by atoms with E-state index in [0.717, 1.165) is 74.1 Å². The van der Waals surface area contributed by atoms with Crippen molar-refractivity contribution in [1.29, 1.82) is 0 Å². The summed E-state index contributed by atoms with van der Waals surface area (Å²) in [6.45, 7) is 4.76. The van der Waals surface area contributed by atoms with E-state index in [-0.39, 0.29) is 11.2 Å². The van der Waals surface area contributed by atoms with Gasteiger partial charge in [0.1, 0.15) is 11.4 Å². The van der Waals surface area contributed by atoms with E-state index >= 15 is 0 Å². The smallest absolute Gasteiger partial charge is 0.303 e. The number of ether oxygens (including phenoxy) is 2. The Kier molecular flexibility index (Phi) is 5.16. The van der Waals surface area contributed by atoms with Gasteiger partial charge < -0.3 is 14.6 Å². The minimum atomic E-state index is -0.680. The first kappa shape index (κ1) is 20.0. The Hall–Kier alpha value is -1.26. The van der Waals surface area contributed by atoms with Crippen molar-refractivity contribution in [2.75, 3.05) is 0 Å². The maximum absolute atomic E-state index is 10.8. The van der Waals surface area contributed by atoms with E-state index < -0.39 is 5.97 Å². The first-order valence-corrected chi connectivity index (χ1v) is 10.9. The van der Waals surface area contributed by atoms with Gasteiger partial charge in [0.05, 0.1) is 12.2 Å². The second-order valence-corrected chi connectivity index (χ2v) is 10.2. The van der Waals surface area contributed by atoms with Gasteiger partial charge in [0, 0.05) is 23.4 Å². The van der Waals surface area contributed by atoms with Crippen LogP contribution in [0.3, 0.4) is 0 Å². The fourth-order valence-corrected chi connectivity index (χ4v) is 5.78. The SMILES string of the molecule is CC1(C)Cc2cc(Cl)cc(COC34CCC(CCCC(=O)O)(CC3)CC4)c2O1. The fraction of sp³-hybridized carbons (Fsp3) is 0.696. The number of carboxylic acids is 1. The Morgan fingerprint density at radius 2 is 1.86 bits per heavy atom. The summed E-state index contributed by atoms with van der Waals surface area (Å²) in [7, 11) is 0. The van der Waals surface area contributed by atoms with Crippen molar-refractivity contribution in [3.63, 3.8) is 0 Å². The Bertz CT molecular complexity index is 746. The summed E-state index contributed by atoms with van der Waals surface area (Å²) in [6, 6.07) is 4.00. The topological polar surface area (TPSA) is 55.8 Å². The van der Waals surface area contributed by atoms with Crippen molar-refractivity contribution in [2.45, 2.75) is 95.9 Å². The van der Waals surface area contributed by atoms with Gasteiger partial charge in [-0.3, -0.25) is 4.79 Å². The van der Waals surface area contributed by atoms with Crippen LogP contribution in [0.4, 0.5) is 0 Å². The molecule has 1 aromatic rings. The fourth-order valence-electron chi connectivity index (χ4n) is 5.52. The number of hydrogen-bond acceptors (Lipinski definition) is 3. The minimum absolute atomic E-state index is 0.0299. The molecule has 0 radical (unpaired) electrons. The third-order valence-corrected chi connectivity index (χ3v) is 7.38. The van der Waals surface area contributed by atoms with Crippen molar-refractivity contribution >= 4 is 17.6 Å². The first-order valence-electron chi connectivity index (χ1n) is 10.6. The molecule has 3 saturated carbocycles. The number of rotatable bonds is 7. The van der Waals surface area contributed by atoms with Gasteiger partial charge in [-0.2, -0.15) is 0 Å². The zero-order valence-electron chi connectivity index (χ0n) is 17.0. The monoisotopic (exact) mass is 406 g/mol. The predicted molar refractivity (Wildman–Crippen MR) is 109 cm³/mol. The van der Waals surface area contributed by atoms with Crippen molar-refractivity contribution in [2.24, 2.45) is 5.41 Å². The second-order valence-electron chi connectivity index (χ2n) is 9.81. The number of benzene rings is 1. The quantitative estimate of drug-likeness (QED) is 0.610. The van der Waals surface area contributed by atoms with E-state index in [1.807, 2.05) is 12.1 Å². The lowest BCUT2D eigenvalue weighted by atomic mass is 9.57. The van der Waals surface area contributed by atoms with Crippen LogP contribution in [0, 0.1) is 5.41 Å². The third kappa shape index (κ3) is 4.04. The summed E-state index contributed by atoms with van der Waals surface area (Å²) < 4.78 is 12.7. The molecule has 3 aliphatic carbocycles. The standard InChI is InChI=1S/C23H31ClO4/c1-21(2)14-16-12-18(24)13-17(20(16)28-21)15-27-23-9-6-22(7-10-23,8-11-23)5-3-4-19(25)26/h12-13H,3-11,14-15H2,1-2H3,(H,25,26). The molecule has 1 N–H and O–H groups in total. The predicted octanol–water partition coefficient (Wildman–Crippen LogP) is 5.92. The van der Waals surface area contributed by atoms with Crippen LogP contribution >= 0.6 is 11.6 Å². The van der Waals surface area contributed by atoms with Gasteiger partial charge in [-0.05, 0) is 88.3 Å². The average Bonchev–Trinajstić information content (AvgIpc) is 2.95. The van der Waals surface area contributed by atoms with Crippen LogP contribution < -0.4 is 4.74 Å². The van der Waals surface area contributed by atoms with Crippen LogP contribution in [0.15, 0.2) is 12.1 Å². The molecule has 0 amide bonds. The summed E-state index contributed by atoms with van der Waals surface area (Å²) in [5, 5.41) is 9.66. The van der Waals surface area contributed by atoms with E-state index in [0.29, 0.717) is 18.4 Å². The van der Waals surface area contributed by atoms with Gasteiger partial charge in [0.15, 0.2) is 0 Å². The Labute approximate surface area is 172 Å². The molecule has 154 valence electrons. The van der Waals surface area contributed by atoms with Crippen LogP contribution in [0.1, 0.15) is 82.8 Å². The first-order chi connectivity index (χ1) is 13.2. The van der Waals surface area contributed by atoms with Crippen molar-refractivity contribution < 1.29 is 19.4 Å². The number of fused-ring (bicyclic) bond motifs is 4. The molecular formula is C23H31ClO4. The van der Waals surface area contributed by atoms with Crippen molar-refractivity contribution in [3.8, 4) is 5.75 Å². The number of halogens is 1. The molecule has 28 heavy (non-hydrogen) atoms. The Balaban J connectivity index is 1.38. The summed E-state index contributed by atoms with van der Waals surface area (Å²) in [6.07, 6.45) is 9.71. The molecule has 1 aromatic carbocycles. The van der Waals surface area contributed by atoms with E-state index in [2.05, 4.69) is 13.8 Å². The number of carboxylic acid groups (broad SMARTS) is 1. The van der Waals surface area contributed by atoms with Gasteiger partial charge in [-0.1, -0.05) is 11.6 Å². The zero-order chi connectivity index (χ0) is 20.0. The van der Waals surface area contributed by atoms with Crippen molar-refractivity contribution in [1.82, 2.24) is 0 Å². The van der Waals surface area contributed by atoms with E-state index in [1.165, 1.54) is 5.56 Å².